The Bertz CT molecular complexity index is 1060. The molecule has 168 valence electrons. The lowest BCUT2D eigenvalue weighted by molar-refractivity contribution is 0.170. The number of nitrogen functional groups attached to an aromatic ring is 1. The second-order valence-electron chi connectivity index (χ2n) is 7.75. The number of nitrogens with zero attached hydrogens (tertiary/aromatic N) is 1. The maximum Gasteiger partial charge on any atom is 0.161 e. The second kappa shape index (κ2) is 9.83. The minimum absolute atomic E-state index is 0.0481. The van der Waals surface area contributed by atoms with E-state index in [1.54, 1.807) is 21.3 Å². The Kier molecular flexibility index (Phi) is 6.71. The number of methoxy groups -OCH3 is 3. The van der Waals surface area contributed by atoms with Crippen LogP contribution in [0.15, 0.2) is 60.7 Å². The predicted octanol–water partition coefficient (Wildman–Crippen LogP) is 4.32. The molecule has 6 nitrogen and oxygen atoms in total. The van der Waals surface area contributed by atoms with Crippen molar-refractivity contribution >= 4 is 5.69 Å². The fraction of sp³-hybridized carbons (Fsp3) is 0.308. The third kappa shape index (κ3) is 4.46. The molecule has 6 heteroatoms. The van der Waals surface area contributed by atoms with Gasteiger partial charge in [0.25, 0.3) is 0 Å². The molecule has 1 unspecified atom stereocenters. The van der Waals surface area contributed by atoms with Crippen LogP contribution in [0.5, 0.6) is 23.0 Å². The van der Waals surface area contributed by atoms with Gasteiger partial charge in [-0.2, -0.15) is 0 Å². The van der Waals surface area contributed by atoms with Crippen molar-refractivity contribution < 1.29 is 18.9 Å². The van der Waals surface area contributed by atoms with Crippen LogP contribution in [-0.2, 0) is 6.42 Å². The Labute approximate surface area is 189 Å². The highest BCUT2D eigenvalue weighted by molar-refractivity contribution is 5.58. The average Bonchev–Trinajstić information content (AvgIpc) is 2.84. The topological polar surface area (TPSA) is 66.2 Å². The van der Waals surface area contributed by atoms with Crippen LogP contribution in [0, 0.1) is 0 Å². The lowest BCUT2D eigenvalue weighted by Gasteiger charge is -2.38. The van der Waals surface area contributed by atoms with Crippen LogP contribution in [0.1, 0.15) is 22.7 Å². The Hall–Kier alpha value is -3.38. The van der Waals surface area contributed by atoms with Crippen molar-refractivity contribution in [3.8, 4) is 23.0 Å². The number of para-hydroxylation sites is 1. The van der Waals surface area contributed by atoms with Crippen LogP contribution < -0.4 is 24.7 Å². The van der Waals surface area contributed by atoms with Crippen molar-refractivity contribution in [3.05, 3.63) is 77.4 Å². The third-order valence-electron chi connectivity index (χ3n) is 5.95. The molecule has 0 bridgehead atoms. The molecule has 32 heavy (non-hydrogen) atoms. The third-order valence-corrected chi connectivity index (χ3v) is 5.95. The van der Waals surface area contributed by atoms with Gasteiger partial charge in [-0.3, -0.25) is 4.90 Å². The maximum absolute atomic E-state index is 6.47. The van der Waals surface area contributed by atoms with Crippen LogP contribution in [0.4, 0.5) is 5.69 Å². The van der Waals surface area contributed by atoms with Crippen LogP contribution in [0.2, 0.25) is 0 Å². The van der Waals surface area contributed by atoms with Gasteiger partial charge in [0.2, 0.25) is 0 Å². The van der Waals surface area contributed by atoms with Crippen LogP contribution >= 0.6 is 0 Å². The smallest absolute Gasteiger partial charge is 0.161 e. The number of hydrogen-bond donors (Lipinski definition) is 1. The van der Waals surface area contributed by atoms with Gasteiger partial charge < -0.3 is 24.7 Å². The fourth-order valence-corrected chi connectivity index (χ4v) is 4.32. The molecule has 0 aromatic heterocycles. The molecule has 0 saturated heterocycles. The summed E-state index contributed by atoms with van der Waals surface area (Å²) in [6.07, 6.45) is 0.904. The highest BCUT2D eigenvalue weighted by Gasteiger charge is 2.31. The SMILES string of the molecule is COc1ccc(N)c(C2c3cc(OC)c(OC)cc3CCN2CCOc2ccccc2)c1. The van der Waals surface area contributed by atoms with Crippen LogP contribution in [-0.4, -0.2) is 45.9 Å². The van der Waals surface area contributed by atoms with E-state index in [2.05, 4.69) is 17.0 Å². The molecule has 0 amide bonds. The first-order chi connectivity index (χ1) is 15.6. The zero-order valence-electron chi connectivity index (χ0n) is 18.8. The number of fused-ring (bicyclic) bond motifs is 1. The molecular formula is C26H30N2O4. The average molecular weight is 435 g/mol. The van der Waals surface area contributed by atoms with Gasteiger partial charge in [0, 0.05) is 24.3 Å². The zero-order chi connectivity index (χ0) is 22.5. The van der Waals surface area contributed by atoms with Gasteiger partial charge in [-0.25, -0.2) is 0 Å². The van der Waals surface area contributed by atoms with Crippen LogP contribution in [0.3, 0.4) is 0 Å². The molecule has 1 atom stereocenters. The lowest BCUT2D eigenvalue weighted by atomic mass is 9.87. The largest absolute Gasteiger partial charge is 0.497 e. The van der Waals surface area contributed by atoms with Crippen molar-refractivity contribution in [2.45, 2.75) is 12.5 Å². The summed E-state index contributed by atoms with van der Waals surface area (Å²) >= 11 is 0. The molecule has 0 aliphatic carbocycles. The van der Waals surface area contributed by atoms with E-state index in [9.17, 15) is 0 Å². The van der Waals surface area contributed by atoms with Gasteiger partial charge in [-0.1, -0.05) is 18.2 Å². The van der Waals surface area contributed by atoms with Gasteiger partial charge >= 0.3 is 0 Å². The van der Waals surface area contributed by atoms with E-state index in [-0.39, 0.29) is 6.04 Å². The maximum atomic E-state index is 6.47. The summed E-state index contributed by atoms with van der Waals surface area (Å²) in [7, 11) is 4.99. The molecule has 1 aliphatic rings. The summed E-state index contributed by atoms with van der Waals surface area (Å²) in [5.74, 6) is 3.10. The molecular weight excluding hydrogens is 404 g/mol. The summed E-state index contributed by atoms with van der Waals surface area (Å²) in [5, 5.41) is 0. The Morgan fingerprint density at radius 1 is 0.844 bits per heavy atom. The summed E-state index contributed by atoms with van der Waals surface area (Å²) in [5.41, 5.74) is 10.6. The summed E-state index contributed by atoms with van der Waals surface area (Å²) in [6, 6.07) is 19.8. The quantitative estimate of drug-likeness (QED) is 0.533. The van der Waals surface area contributed by atoms with Crippen molar-refractivity contribution in [2.75, 3.05) is 46.8 Å². The first-order valence-electron chi connectivity index (χ1n) is 10.7. The molecule has 0 fully saturated rings. The monoisotopic (exact) mass is 434 g/mol. The van der Waals surface area contributed by atoms with Crippen molar-refractivity contribution in [1.82, 2.24) is 4.90 Å². The van der Waals surface area contributed by atoms with Gasteiger partial charge in [-0.05, 0) is 60.0 Å². The number of benzene rings is 3. The Morgan fingerprint density at radius 3 is 2.31 bits per heavy atom. The van der Waals surface area contributed by atoms with E-state index in [1.807, 2.05) is 48.5 Å². The van der Waals surface area contributed by atoms with E-state index in [1.165, 1.54) is 5.56 Å². The summed E-state index contributed by atoms with van der Waals surface area (Å²) in [6.45, 7) is 2.21. The Morgan fingerprint density at radius 2 is 1.59 bits per heavy atom. The molecule has 0 spiro atoms. The second-order valence-corrected chi connectivity index (χ2v) is 7.75. The van der Waals surface area contributed by atoms with Gasteiger partial charge in [0.1, 0.15) is 18.1 Å². The molecule has 3 aromatic rings. The molecule has 0 saturated carbocycles. The number of anilines is 1. The van der Waals surface area contributed by atoms with Crippen molar-refractivity contribution in [2.24, 2.45) is 0 Å². The lowest BCUT2D eigenvalue weighted by Crippen LogP contribution is -2.39. The number of hydrogen-bond acceptors (Lipinski definition) is 6. The van der Waals surface area contributed by atoms with Crippen LogP contribution in [0.25, 0.3) is 0 Å². The van der Waals surface area contributed by atoms with E-state index in [4.69, 9.17) is 24.7 Å². The minimum atomic E-state index is -0.0481. The highest BCUT2D eigenvalue weighted by Crippen LogP contribution is 2.43. The highest BCUT2D eigenvalue weighted by atomic mass is 16.5. The van der Waals surface area contributed by atoms with E-state index < -0.39 is 0 Å². The van der Waals surface area contributed by atoms with Crippen molar-refractivity contribution in [1.29, 1.82) is 0 Å². The molecule has 1 aliphatic heterocycles. The van der Waals surface area contributed by atoms with E-state index >= 15 is 0 Å². The molecule has 1 heterocycles. The zero-order valence-corrected chi connectivity index (χ0v) is 18.8. The van der Waals surface area contributed by atoms with E-state index in [0.717, 1.165) is 53.6 Å². The minimum Gasteiger partial charge on any atom is -0.497 e. The molecule has 4 rings (SSSR count). The summed E-state index contributed by atoms with van der Waals surface area (Å²) in [4.78, 5) is 2.41. The van der Waals surface area contributed by atoms with Gasteiger partial charge in [-0.15, -0.1) is 0 Å². The number of rotatable bonds is 8. The molecule has 3 aromatic carbocycles. The molecule has 0 radical (unpaired) electrons. The number of ether oxygens (including phenoxy) is 4. The fourth-order valence-electron chi connectivity index (χ4n) is 4.32. The predicted molar refractivity (Wildman–Crippen MR) is 126 cm³/mol. The van der Waals surface area contributed by atoms with E-state index in [0.29, 0.717) is 12.4 Å². The molecule has 2 N–H and O–H groups in total. The summed E-state index contributed by atoms with van der Waals surface area (Å²) < 4.78 is 22.6. The van der Waals surface area contributed by atoms with Gasteiger partial charge in [0.15, 0.2) is 11.5 Å². The first kappa shape index (κ1) is 21.8. The van der Waals surface area contributed by atoms with Crippen molar-refractivity contribution in [3.63, 3.8) is 0 Å². The van der Waals surface area contributed by atoms with Gasteiger partial charge in [0.05, 0.1) is 27.4 Å². The standard InChI is InChI=1S/C26H30N2O4/c1-29-20-9-10-23(27)22(16-20)26-21-17-25(31-3)24(30-2)15-18(21)11-12-28(26)13-14-32-19-7-5-4-6-8-19/h4-10,15-17,26H,11-14,27H2,1-3H3. The normalized spacial score (nSPS) is 15.7. The number of nitrogens with two attached hydrogens (primary N) is 1. The Balaban J connectivity index is 1.70. The first-order valence-corrected chi connectivity index (χ1v) is 10.7.